The Morgan fingerprint density at radius 2 is 1.89 bits per heavy atom. The van der Waals surface area contributed by atoms with Crippen molar-refractivity contribution in [3.8, 4) is 0 Å². The molecule has 2 unspecified atom stereocenters. The summed E-state index contributed by atoms with van der Waals surface area (Å²) in [7, 11) is 0. The van der Waals surface area contributed by atoms with E-state index in [2.05, 4.69) is 0 Å². The first-order chi connectivity index (χ1) is 8.47. The van der Waals surface area contributed by atoms with Crippen LogP contribution in [0.2, 0.25) is 0 Å². The van der Waals surface area contributed by atoms with Crippen molar-refractivity contribution in [2.24, 2.45) is 11.7 Å². The first-order valence-corrected chi connectivity index (χ1v) is 6.08. The van der Waals surface area contributed by atoms with E-state index in [1.807, 2.05) is 11.8 Å². The highest BCUT2D eigenvalue weighted by atomic mass is 35.5. The minimum absolute atomic E-state index is 0. The van der Waals surface area contributed by atoms with Gasteiger partial charge in [-0.15, -0.1) is 12.4 Å². The van der Waals surface area contributed by atoms with Crippen LogP contribution >= 0.6 is 12.4 Å². The first-order valence-electron chi connectivity index (χ1n) is 6.08. The summed E-state index contributed by atoms with van der Waals surface area (Å²) >= 11 is 0. The van der Waals surface area contributed by atoms with Crippen LogP contribution in [0.1, 0.15) is 18.9 Å². The Hall–Kier alpha value is -0.780. The third kappa shape index (κ3) is 3.84. The lowest BCUT2D eigenvalue weighted by atomic mass is 10.0. The number of hydrogen-bond acceptors (Lipinski definition) is 2. The molecule has 0 bridgehead atoms. The average molecular weight is 295 g/mol. The Kier molecular flexibility index (Phi) is 5.64. The van der Waals surface area contributed by atoms with Crippen LogP contribution in [0.15, 0.2) is 12.1 Å². The van der Waals surface area contributed by atoms with Gasteiger partial charge in [0, 0.05) is 30.8 Å². The molecule has 1 aliphatic rings. The summed E-state index contributed by atoms with van der Waals surface area (Å²) in [6.07, 6.45) is 0.961. The highest BCUT2D eigenvalue weighted by Crippen LogP contribution is 2.22. The Bertz CT molecular complexity index is 440. The van der Waals surface area contributed by atoms with Gasteiger partial charge >= 0.3 is 0 Å². The highest BCUT2D eigenvalue weighted by molar-refractivity contribution is 5.85. The van der Waals surface area contributed by atoms with Crippen LogP contribution in [0.3, 0.4) is 0 Å². The quantitative estimate of drug-likeness (QED) is 0.869. The maximum Gasteiger partial charge on any atom is 0.161 e. The lowest BCUT2D eigenvalue weighted by Crippen LogP contribution is -2.29. The zero-order chi connectivity index (χ0) is 13.3. The molecule has 0 aromatic heterocycles. The molecule has 0 radical (unpaired) electrons. The second-order valence-corrected chi connectivity index (χ2v) is 5.00. The predicted molar refractivity (Wildman–Crippen MR) is 70.6 cm³/mol. The highest BCUT2D eigenvalue weighted by Gasteiger charge is 2.25. The summed E-state index contributed by atoms with van der Waals surface area (Å²) in [4.78, 5) is 2.02. The van der Waals surface area contributed by atoms with Gasteiger partial charge in [-0.3, -0.25) is 4.90 Å². The van der Waals surface area contributed by atoms with Crippen LogP contribution in [0.4, 0.5) is 13.2 Å². The van der Waals surface area contributed by atoms with Crippen molar-refractivity contribution >= 4 is 12.4 Å². The van der Waals surface area contributed by atoms with E-state index in [0.717, 1.165) is 25.6 Å². The van der Waals surface area contributed by atoms with Crippen LogP contribution in [0.5, 0.6) is 0 Å². The number of hydrogen-bond donors (Lipinski definition) is 1. The average Bonchev–Trinajstić information content (AvgIpc) is 2.74. The van der Waals surface area contributed by atoms with Gasteiger partial charge in [-0.2, -0.15) is 0 Å². The van der Waals surface area contributed by atoms with Crippen molar-refractivity contribution in [3.05, 3.63) is 35.1 Å². The number of likely N-dealkylation sites (tertiary alicyclic amines) is 1. The molecule has 0 saturated carbocycles. The minimum atomic E-state index is -1.15. The third-order valence-electron chi connectivity index (χ3n) is 3.54. The van der Waals surface area contributed by atoms with E-state index in [-0.39, 0.29) is 24.0 Å². The van der Waals surface area contributed by atoms with Crippen LogP contribution in [0, 0.1) is 23.4 Å². The zero-order valence-corrected chi connectivity index (χ0v) is 11.5. The van der Waals surface area contributed by atoms with Gasteiger partial charge in [0.2, 0.25) is 0 Å². The smallest absolute Gasteiger partial charge is 0.161 e. The van der Waals surface area contributed by atoms with Gasteiger partial charge in [0.1, 0.15) is 5.82 Å². The molecule has 19 heavy (non-hydrogen) atoms. The molecule has 1 heterocycles. The van der Waals surface area contributed by atoms with E-state index in [1.165, 1.54) is 0 Å². The summed E-state index contributed by atoms with van der Waals surface area (Å²) in [5.41, 5.74) is 6.01. The van der Waals surface area contributed by atoms with Crippen LogP contribution in [-0.4, -0.2) is 24.0 Å². The molecule has 108 valence electrons. The molecule has 1 fully saturated rings. The van der Waals surface area contributed by atoms with E-state index in [1.54, 1.807) is 0 Å². The van der Waals surface area contributed by atoms with E-state index < -0.39 is 17.5 Å². The molecular formula is C13H18ClF3N2. The van der Waals surface area contributed by atoms with E-state index in [4.69, 9.17) is 5.73 Å². The van der Waals surface area contributed by atoms with Gasteiger partial charge in [-0.25, -0.2) is 13.2 Å². The lowest BCUT2D eigenvalue weighted by Gasteiger charge is -2.18. The molecule has 1 aromatic carbocycles. The second-order valence-electron chi connectivity index (χ2n) is 5.00. The molecule has 0 spiro atoms. The molecule has 1 saturated heterocycles. The van der Waals surface area contributed by atoms with Crippen LogP contribution < -0.4 is 5.73 Å². The topological polar surface area (TPSA) is 29.3 Å². The van der Waals surface area contributed by atoms with Gasteiger partial charge in [0.05, 0.1) is 0 Å². The van der Waals surface area contributed by atoms with Crippen LogP contribution in [0.25, 0.3) is 0 Å². The van der Waals surface area contributed by atoms with Crippen molar-refractivity contribution in [2.75, 3.05) is 13.1 Å². The fourth-order valence-corrected chi connectivity index (χ4v) is 2.36. The normalized spacial score (nSPS) is 21.2. The molecule has 0 aliphatic carbocycles. The minimum Gasteiger partial charge on any atom is -0.328 e. The maximum atomic E-state index is 13.5. The number of nitrogens with zero attached hydrogens (tertiary/aromatic N) is 1. The molecule has 0 amide bonds. The van der Waals surface area contributed by atoms with E-state index >= 15 is 0 Å². The summed E-state index contributed by atoms with van der Waals surface area (Å²) in [6.45, 7) is 3.83. The summed E-state index contributed by atoms with van der Waals surface area (Å²) in [5.74, 6) is -2.46. The Balaban J connectivity index is 0.00000180. The second kappa shape index (κ2) is 6.59. The SMILES string of the molecule is CC(N)C1CCN(Cc2cc(F)c(F)cc2F)C1.Cl. The Labute approximate surface area is 117 Å². The molecule has 1 aliphatic heterocycles. The number of benzene rings is 1. The molecular weight excluding hydrogens is 277 g/mol. The Morgan fingerprint density at radius 1 is 1.26 bits per heavy atom. The third-order valence-corrected chi connectivity index (χ3v) is 3.54. The van der Waals surface area contributed by atoms with Gasteiger partial charge in [0.25, 0.3) is 0 Å². The fraction of sp³-hybridized carbons (Fsp3) is 0.538. The lowest BCUT2D eigenvalue weighted by molar-refractivity contribution is 0.302. The molecule has 2 atom stereocenters. The van der Waals surface area contributed by atoms with Gasteiger partial charge in [-0.05, 0) is 31.9 Å². The number of nitrogens with two attached hydrogens (primary N) is 1. The number of halogens is 4. The molecule has 2 nitrogen and oxygen atoms in total. The molecule has 2 rings (SSSR count). The fourth-order valence-electron chi connectivity index (χ4n) is 2.36. The van der Waals surface area contributed by atoms with Crippen molar-refractivity contribution in [1.82, 2.24) is 4.90 Å². The van der Waals surface area contributed by atoms with Crippen molar-refractivity contribution in [2.45, 2.75) is 25.9 Å². The van der Waals surface area contributed by atoms with Gasteiger partial charge in [-0.1, -0.05) is 0 Å². The van der Waals surface area contributed by atoms with Crippen molar-refractivity contribution in [1.29, 1.82) is 0 Å². The molecule has 2 N–H and O–H groups in total. The maximum absolute atomic E-state index is 13.5. The standard InChI is InChI=1S/C13H17F3N2.ClH/c1-8(17)9-2-3-18(6-9)7-10-4-12(15)13(16)5-11(10)14;/h4-5,8-9H,2-3,6-7,17H2,1H3;1H. The zero-order valence-electron chi connectivity index (χ0n) is 10.7. The summed E-state index contributed by atoms with van der Waals surface area (Å²) < 4.78 is 39.3. The summed E-state index contributed by atoms with van der Waals surface area (Å²) in [5, 5.41) is 0. The number of rotatable bonds is 3. The van der Waals surface area contributed by atoms with Gasteiger partial charge in [0.15, 0.2) is 11.6 Å². The Morgan fingerprint density at radius 3 is 2.47 bits per heavy atom. The largest absolute Gasteiger partial charge is 0.328 e. The predicted octanol–water partition coefficient (Wildman–Crippen LogP) is 2.69. The summed E-state index contributed by atoms with van der Waals surface area (Å²) in [6, 6.07) is 1.64. The van der Waals surface area contributed by atoms with Gasteiger partial charge < -0.3 is 5.73 Å². The monoisotopic (exact) mass is 294 g/mol. The van der Waals surface area contributed by atoms with Crippen LogP contribution in [-0.2, 0) is 6.54 Å². The van der Waals surface area contributed by atoms with Crippen molar-refractivity contribution in [3.63, 3.8) is 0 Å². The van der Waals surface area contributed by atoms with E-state index in [0.29, 0.717) is 18.5 Å². The van der Waals surface area contributed by atoms with Crippen molar-refractivity contribution < 1.29 is 13.2 Å². The van der Waals surface area contributed by atoms with E-state index in [9.17, 15) is 13.2 Å². The first kappa shape index (κ1) is 16.3. The molecule has 1 aromatic rings. The molecule has 6 heteroatoms.